The van der Waals surface area contributed by atoms with Crippen LogP contribution in [0.3, 0.4) is 0 Å². The zero-order chi connectivity index (χ0) is 9.59. The monoisotopic (exact) mass is 218 g/mol. The van der Waals surface area contributed by atoms with Crippen molar-refractivity contribution in [1.82, 2.24) is 10.4 Å². The summed E-state index contributed by atoms with van der Waals surface area (Å²) >= 11 is 11.2. The molecule has 0 atom stereocenters. The molecule has 1 aliphatic carbocycles. The van der Waals surface area contributed by atoms with Gasteiger partial charge in [0.1, 0.15) is 17.4 Å². The third-order valence-electron chi connectivity index (χ3n) is 1.70. The van der Waals surface area contributed by atoms with Crippen molar-refractivity contribution in [3.05, 3.63) is 21.8 Å². The summed E-state index contributed by atoms with van der Waals surface area (Å²) in [7, 11) is 0. The van der Waals surface area contributed by atoms with Crippen LogP contribution in [0.5, 0.6) is 0 Å². The molecule has 0 aromatic heterocycles. The molecule has 13 heavy (non-hydrogen) atoms. The summed E-state index contributed by atoms with van der Waals surface area (Å²) in [4.78, 5) is 22.5. The van der Waals surface area contributed by atoms with Gasteiger partial charge in [-0.25, -0.2) is 5.43 Å². The topological polar surface area (TPSA) is 59.1 Å². The van der Waals surface area contributed by atoms with Gasteiger partial charge < -0.3 is 0 Å². The summed E-state index contributed by atoms with van der Waals surface area (Å²) in [5.74, 6) is -0.855. The molecule has 0 amide bonds. The van der Waals surface area contributed by atoms with Crippen LogP contribution < -0.4 is 5.43 Å². The highest BCUT2D eigenvalue weighted by Crippen LogP contribution is 2.27. The molecule has 4 nitrogen and oxygen atoms in total. The largest absolute Gasteiger partial charge is 0.288 e. The zero-order valence-electron chi connectivity index (χ0n) is 6.30. The summed E-state index contributed by atoms with van der Waals surface area (Å²) in [6.07, 6.45) is 1.03. The molecule has 0 unspecified atom stereocenters. The molecule has 0 aromatic rings. The van der Waals surface area contributed by atoms with Crippen molar-refractivity contribution < 1.29 is 9.59 Å². The second kappa shape index (κ2) is 2.83. The molecular formula is C7H4Cl2N2O2. The van der Waals surface area contributed by atoms with E-state index in [9.17, 15) is 9.59 Å². The van der Waals surface area contributed by atoms with Crippen molar-refractivity contribution in [3.8, 4) is 0 Å². The number of nitrogens with one attached hydrogen (secondary N) is 1. The molecule has 1 fully saturated rings. The van der Waals surface area contributed by atoms with Gasteiger partial charge >= 0.3 is 0 Å². The van der Waals surface area contributed by atoms with E-state index in [2.05, 4.69) is 5.43 Å². The Morgan fingerprint density at radius 1 is 1.38 bits per heavy atom. The van der Waals surface area contributed by atoms with Gasteiger partial charge in [-0.05, 0) is 0 Å². The molecule has 1 N–H and O–H groups in total. The van der Waals surface area contributed by atoms with E-state index in [1.165, 1.54) is 5.01 Å². The smallest absolute Gasteiger partial charge is 0.223 e. The fourth-order valence-electron chi connectivity index (χ4n) is 1.01. The standard InChI is InChI=1S/C7H4Cl2N2O2/c8-3-1-4(12)5(9)6(7(3)13)11-2-10-11/h1,10H,2H2. The van der Waals surface area contributed by atoms with E-state index in [4.69, 9.17) is 23.2 Å². The third kappa shape index (κ3) is 1.37. The van der Waals surface area contributed by atoms with Crippen molar-refractivity contribution in [2.75, 3.05) is 6.67 Å². The molecule has 6 heteroatoms. The molecule has 0 saturated carbocycles. The number of hydrazine groups is 1. The number of allylic oxidation sites excluding steroid dienone is 3. The summed E-state index contributed by atoms with van der Waals surface area (Å²) < 4.78 is 0. The second-order valence-electron chi connectivity index (χ2n) is 2.59. The van der Waals surface area contributed by atoms with Gasteiger partial charge in [0, 0.05) is 6.08 Å². The minimum absolute atomic E-state index is 0.0839. The lowest BCUT2D eigenvalue weighted by Gasteiger charge is -2.11. The number of carbonyl (C=O) groups is 2. The quantitative estimate of drug-likeness (QED) is 0.515. The number of hydrogen-bond donors (Lipinski definition) is 1. The number of carbonyl (C=O) groups excluding carboxylic acids is 2. The van der Waals surface area contributed by atoms with Crippen LogP contribution in [0.15, 0.2) is 21.8 Å². The highest BCUT2D eigenvalue weighted by atomic mass is 35.5. The molecule has 1 aliphatic heterocycles. The number of hydrogen-bond acceptors (Lipinski definition) is 4. The van der Waals surface area contributed by atoms with Crippen molar-refractivity contribution >= 4 is 34.8 Å². The molecule has 0 aromatic carbocycles. The summed E-state index contributed by atoms with van der Waals surface area (Å²) in [6, 6.07) is 0. The number of halogens is 2. The summed E-state index contributed by atoms with van der Waals surface area (Å²) in [6.45, 7) is 0.509. The van der Waals surface area contributed by atoms with Crippen LogP contribution in [0.1, 0.15) is 0 Å². The highest BCUT2D eigenvalue weighted by Gasteiger charge is 2.35. The average Bonchev–Trinajstić information content (AvgIpc) is 2.85. The maximum Gasteiger partial charge on any atom is 0.223 e. The van der Waals surface area contributed by atoms with Crippen LogP contribution in [0.4, 0.5) is 0 Å². The molecule has 0 bridgehead atoms. The van der Waals surface area contributed by atoms with Crippen LogP contribution in [0, 0.1) is 0 Å². The number of nitrogens with zero attached hydrogens (tertiary/aromatic N) is 1. The number of Topliss-reactive ketones (excluding diaryl/α,β-unsaturated/α-hetero) is 1. The van der Waals surface area contributed by atoms with Crippen LogP contribution >= 0.6 is 23.2 Å². The van der Waals surface area contributed by atoms with Crippen LogP contribution in [0.2, 0.25) is 0 Å². The first-order valence-electron chi connectivity index (χ1n) is 3.48. The lowest BCUT2D eigenvalue weighted by molar-refractivity contribution is -0.115. The van der Waals surface area contributed by atoms with Gasteiger partial charge in [0.05, 0.1) is 5.03 Å². The van der Waals surface area contributed by atoms with Crippen molar-refractivity contribution in [3.63, 3.8) is 0 Å². The van der Waals surface area contributed by atoms with Crippen LogP contribution in [-0.2, 0) is 9.59 Å². The van der Waals surface area contributed by atoms with Gasteiger partial charge in [-0.2, -0.15) is 0 Å². The van der Waals surface area contributed by atoms with Gasteiger partial charge in [-0.15, -0.1) is 0 Å². The van der Waals surface area contributed by atoms with Crippen molar-refractivity contribution in [1.29, 1.82) is 0 Å². The van der Waals surface area contributed by atoms with Gasteiger partial charge in [-0.3, -0.25) is 14.6 Å². The van der Waals surface area contributed by atoms with Gasteiger partial charge in [0.2, 0.25) is 11.6 Å². The first-order chi connectivity index (χ1) is 6.11. The fourth-order valence-corrected chi connectivity index (χ4v) is 1.44. The zero-order valence-corrected chi connectivity index (χ0v) is 7.82. The first kappa shape index (κ1) is 8.74. The molecule has 0 radical (unpaired) electrons. The van der Waals surface area contributed by atoms with Gasteiger partial charge in [0.25, 0.3) is 0 Å². The Morgan fingerprint density at radius 3 is 2.54 bits per heavy atom. The Kier molecular flexibility index (Phi) is 1.91. The van der Waals surface area contributed by atoms with Gasteiger partial charge in [-0.1, -0.05) is 23.2 Å². The van der Waals surface area contributed by atoms with E-state index in [1.54, 1.807) is 0 Å². The Balaban J connectivity index is 2.45. The molecule has 68 valence electrons. The fraction of sp³-hybridized carbons (Fsp3) is 0.143. The van der Waals surface area contributed by atoms with E-state index in [0.717, 1.165) is 6.08 Å². The molecule has 2 aliphatic rings. The molecule has 1 saturated heterocycles. The number of ketones is 2. The van der Waals surface area contributed by atoms with Crippen molar-refractivity contribution in [2.24, 2.45) is 0 Å². The predicted molar refractivity (Wildman–Crippen MR) is 46.7 cm³/mol. The van der Waals surface area contributed by atoms with Crippen LogP contribution in [0.25, 0.3) is 0 Å². The SMILES string of the molecule is O=C1C=C(Cl)C(=O)C(N2CN2)=C1Cl. The lowest BCUT2D eigenvalue weighted by Crippen LogP contribution is -2.21. The minimum atomic E-state index is -0.435. The van der Waals surface area contributed by atoms with Crippen LogP contribution in [-0.4, -0.2) is 23.2 Å². The number of rotatable bonds is 1. The third-order valence-corrected chi connectivity index (χ3v) is 2.35. The predicted octanol–water partition coefficient (Wildman–Crippen LogP) is 0.489. The minimum Gasteiger partial charge on any atom is -0.288 e. The average molecular weight is 219 g/mol. The second-order valence-corrected chi connectivity index (χ2v) is 3.38. The lowest BCUT2D eigenvalue weighted by atomic mass is 10.1. The molecule has 2 rings (SSSR count). The summed E-state index contributed by atoms with van der Waals surface area (Å²) in [5.41, 5.74) is 2.88. The molecule has 1 heterocycles. The van der Waals surface area contributed by atoms with E-state index >= 15 is 0 Å². The first-order valence-corrected chi connectivity index (χ1v) is 4.24. The Morgan fingerprint density at radius 2 is 2.00 bits per heavy atom. The van der Waals surface area contributed by atoms with Gasteiger partial charge in [0.15, 0.2) is 0 Å². The Labute approximate surface area is 83.7 Å². The Bertz CT molecular complexity index is 369. The van der Waals surface area contributed by atoms with E-state index in [0.29, 0.717) is 6.67 Å². The van der Waals surface area contributed by atoms with E-state index in [-0.39, 0.29) is 15.8 Å². The highest BCUT2D eigenvalue weighted by molar-refractivity contribution is 6.54. The maximum absolute atomic E-state index is 11.4. The Hall–Kier alpha value is -0.840. The molecule has 0 spiro atoms. The normalized spacial score (nSPS) is 22.3. The summed E-state index contributed by atoms with van der Waals surface area (Å²) in [5, 5.41) is 1.29. The van der Waals surface area contributed by atoms with E-state index in [1.807, 2.05) is 0 Å². The van der Waals surface area contributed by atoms with E-state index < -0.39 is 11.6 Å². The molecular weight excluding hydrogens is 215 g/mol. The maximum atomic E-state index is 11.4. The van der Waals surface area contributed by atoms with Crippen molar-refractivity contribution in [2.45, 2.75) is 0 Å².